The van der Waals surface area contributed by atoms with Gasteiger partial charge in [0.25, 0.3) is 5.91 Å². The lowest BCUT2D eigenvalue weighted by molar-refractivity contribution is -0.137. The average molecular weight is 529 g/mol. The van der Waals surface area contributed by atoms with Crippen molar-refractivity contribution in [1.29, 1.82) is 0 Å². The Morgan fingerprint density at radius 2 is 1.92 bits per heavy atom. The third-order valence-corrected chi connectivity index (χ3v) is 5.66. The van der Waals surface area contributed by atoms with E-state index in [-0.39, 0.29) is 39.3 Å². The number of alkyl halides is 3. The number of benzene rings is 1. The highest BCUT2D eigenvalue weighted by atomic mass is 35.5. The molecule has 5 aromatic rings. The fourth-order valence-electron chi connectivity index (χ4n) is 3.44. The van der Waals surface area contributed by atoms with Gasteiger partial charge in [-0.3, -0.25) is 9.78 Å². The highest BCUT2D eigenvalue weighted by molar-refractivity contribution is 6.35. The Balaban J connectivity index is 1.31. The first-order valence-corrected chi connectivity index (χ1v) is 11.1. The number of aromatic amines is 1. The third kappa shape index (κ3) is 5.07. The first-order valence-electron chi connectivity index (χ1n) is 10.7. The van der Waals surface area contributed by atoms with Gasteiger partial charge < -0.3 is 20.1 Å². The molecular weight excluding hydrogens is 513 g/mol. The molecule has 4 heterocycles. The predicted octanol–water partition coefficient (Wildman–Crippen LogP) is 5.31. The minimum Gasteiger partial charge on any atom is -0.358 e. The Kier molecular flexibility index (Phi) is 6.21. The number of carbonyl (C=O) groups excluding carboxylic acids is 1. The van der Waals surface area contributed by atoms with Gasteiger partial charge in [0.1, 0.15) is 17.0 Å². The maximum Gasteiger partial charge on any atom is 0.416 e. The van der Waals surface area contributed by atoms with E-state index in [9.17, 15) is 18.0 Å². The van der Waals surface area contributed by atoms with Crippen molar-refractivity contribution in [2.75, 3.05) is 5.32 Å². The number of hydrogen-bond acceptors (Lipinski definition) is 8. The van der Waals surface area contributed by atoms with Crippen molar-refractivity contribution < 1.29 is 22.5 Å². The maximum absolute atomic E-state index is 13.0. The van der Waals surface area contributed by atoms with E-state index in [1.165, 1.54) is 18.5 Å². The van der Waals surface area contributed by atoms with Gasteiger partial charge in [0.05, 0.1) is 22.6 Å². The SMILES string of the molecule is C[C@@H](NC(=O)c1ncnc(Nc2ccncc2)c1Cl)c1cc(-c2nc3ccc(C(F)(F)F)cc3[nH]2)no1. The predicted molar refractivity (Wildman–Crippen MR) is 127 cm³/mol. The van der Waals surface area contributed by atoms with Gasteiger partial charge in [-0.2, -0.15) is 13.2 Å². The number of hydrogen-bond donors (Lipinski definition) is 3. The van der Waals surface area contributed by atoms with Crippen LogP contribution in [-0.4, -0.2) is 36.0 Å². The lowest BCUT2D eigenvalue weighted by Crippen LogP contribution is -2.27. The number of nitrogens with one attached hydrogen (secondary N) is 3. The van der Waals surface area contributed by atoms with Gasteiger partial charge in [-0.15, -0.1) is 0 Å². The summed E-state index contributed by atoms with van der Waals surface area (Å²) in [6.45, 7) is 1.65. The quantitative estimate of drug-likeness (QED) is 0.270. The molecule has 37 heavy (non-hydrogen) atoms. The van der Waals surface area contributed by atoms with Gasteiger partial charge in [-0.1, -0.05) is 16.8 Å². The van der Waals surface area contributed by atoms with E-state index >= 15 is 0 Å². The average Bonchev–Trinajstić information content (AvgIpc) is 3.52. The van der Waals surface area contributed by atoms with Crippen molar-refractivity contribution in [1.82, 2.24) is 35.4 Å². The van der Waals surface area contributed by atoms with E-state index in [1.807, 2.05) is 0 Å². The Bertz CT molecular complexity index is 1590. The molecule has 1 amide bonds. The zero-order valence-corrected chi connectivity index (χ0v) is 19.6. The van der Waals surface area contributed by atoms with Crippen LogP contribution in [0.25, 0.3) is 22.6 Å². The molecule has 1 aromatic carbocycles. The van der Waals surface area contributed by atoms with Gasteiger partial charge in [-0.25, -0.2) is 15.0 Å². The second-order valence-corrected chi connectivity index (χ2v) is 8.25. The summed E-state index contributed by atoms with van der Waals surface area (Å²) in [4.78, 5) is 31.9. The minimum atomic E-state index is -4.48. The molecule has 0 aliphatic heterocycles. The summed E-state index contributed by atoms with van der Waals surface area (Å²) >= 11 is 6.36. The van der Waals surface area contributed by atoms with Crippen molar-refractivity contribution >= 4 is 40.0 Å². The number of H-pyrrole nitrogens is 1. The first-order chi connectivity index (χ1) is 17.7. The van der Waals surface area contributed by atoms with E-state index in [1.54, 1.807) is 31.5 Å². The van der Waals surface area contributed by atoms with Crippen LogP contribution in [0.2, 0.25) is 5.02 Å². The van der Waals surface area contributed by atoms with Crippen LogP contribution in [0, 0.1) is 0 Å². The van der Waals surface area contributed by atoms with Crippen LogP contribution in [0.4, 0.5) is 24.7 Å². The molecular formula is C23H16ClF3N8O2. The normalized spacial score (nSPS) is 12.5. The molecule has 5 rings (SSSR count). The summed E-state index contributed by atoms with van der Waals surface area (Å²) in [5.41, 5.74) is 0.607. The monoisotopic (exact) mass is 528 g/mol. The van der Waals surface area contributed by atoms with E-state index in [2.05, 4.69) is 40.7 Å². The molecule has 0 saturated carbocycles. The molecule has 0 aliphatic rings. The minimum absolute atomic E-state index is 0.0165. The molecule has 3 N–H and O–H groups in total. The number of imidazole rings is 1. The number of halogens is 4. The molecule has 0 saturated heterocycles. The number of carbonyl (C=O) groups is 1. The van der Waals surface area contributed by atoms with Crippen molar-refractivity contribution in [3.8, 4) is 11.5 Å². The number of anilines is 2. The van der Waals surface area contributed by atoms with Crippen LogP contribution in [-0.2, 0) is 6.18 Å². The number of amides is 1. The van der Waals surface area contributed by atoms with E-state index in [0.717, 1.165) is 12.1 Å². The van der Waals surface area contributed by atoms with E-state index < -0.39 is 23.7 Å². The second-order valence-electron chi connectivity index (χ2n) is 7.87. The number of aromatic nitrogens is 6. The second kappa shape index (κ2) is 9.50. The molecule has 10 nitrogen and oxygen atoms in total. The lowest BCUT2D eigenvalue weighted by atomic mass is 10.2. The Morgan fingerprint density at radius 3 is 2.68 bits per heavy atom. The Hall–Kier alpha value is -4.52. The van der Waals surface area contributed by atoms with Gasteiger partial charge in [0, 0.05) is 24.1 Å². The summed E-state index contributed by atoms with van der Waals surface area (Å²) in [6, 6.07) is 7.47. The van der Waals surface area contributed by atoms with Crippen LogP contribution in [0.15, 0.2) is 59.6 Å². The van der Waals surface area contributed by atoms with E-state index in [0.29, 0.717) is 11.2 Å². The Morgan fingerprint density at radius 1 is 1.14 bits per heavy atom. The van der Waals surface area contributed by atoms with Crippen LogP contribution in [0.1, 0.15) is 34.8 Å². The molecule has 14 heteroatoms. The molecule has 1 atom stereocenters. The van der Waals surface area contributed by atoms with Crippen LogP contribution in [0.5, 0.6) is 0 Å². The van der Waals surface area contributed by atoms with E-state index in [4.69, 9.17) is 16.1 Å². The van der Waals surface area contributed by atoms with Crippen molar-refractivity contribution in [2.45, 2.75) is 19.1 Å². The molecule has 0 unspecified atom stereocenters. The molecule has 0 fully saturated rings. The molecule has 188 valence electrons. The van der Waals surface area contributed by atoms with Crippen LogP contribution >= 0.6 is 11.6 Å². The standard InChI is InChI=1S/C23H16ClF3N8O2/c1-11(31-22(36)19-18(24)21(30-10-29-19)32-13-4-6-28-7-5-13)17-9-16(35-37-17)20-33-14-3-2-12(23(25,26)27)8-15(14)34-20/h2-11H,1H3,(H,31,36)(H,33,34)(H,28,29,30,32)/t11-/m1/s1. The number of pyridine rings is 1. The molecule has 4 aromatic heterocycles. The molecule has 0 radical (unpaired) electrons. The summed E-state index contributed by atoms with van der Waals surface area (Å²) < 4.78 is 44.3. The number of rotatable bonds is 6. The first kappa shape index (κ1) is 24.2. The van der Waals surface area contributed by atoms with Crippen molar-refractivity contribution in [3.05, 3.63) is 77.2 Å². The molecule has 0 spiro atoms. The topological polar surface area (TPSA) is 135 Å². The zero-order valence-electron chi connectivity index (χ0n) is 18.8. The summed E-state index contributed by atoms with van der Waals surface area (Å²) in [7, 11) is 0. The Labute approximate surface area is 211 Å². The van der Waals surface area contributed by atoms with Gasteiger partial charge in [0.2, 0.25) is 0 Å². The maximum atomic E-state index is 13.0. The van der Waals surface area contributed by atoms with Crippen molar-refractivity contribution in [2.24, 2.45) is 0 Å². The summed E-state index contributed by atoms with van der Waals surface area (Å²) in [5.74, 6) is 0.147. The van der Waals surface area contributed by atoms with Gasteiger partial charge >= 0.3 is 6.18 Å². The summed E-state index contributed by atoms with van der Waals surface area (Å²) in [5, 5.41) is 9.65. The van der Waals surface area contributed by atoms with Gasteiger partial charge in [0.15, 0.2) is 23.1 Å². The van der Waals surface area contributed by atoms with Gasteiger partial charge in [-0.05, 0) is 37.3 Å². The summed E-state index contributed by atoms with van der Waals surface area (Å²) in [6.07, 6.45) is -0.100. The fourth-order valence-corrected chi connectivity index (χ4v) is 3.67. The lowest BCUT2D eigenvalue weighted by Gasteiger charge is -2.12. The highest BCUT2D eigenvalue weighted by Crippen LogP contribution is 2.32. The molecule has 0 bridgehead atoms. The van der Waals surface area contributed by atoms with Crippen molar-refractivity contribution in [3.63, 3.8) is 0 Å². The number of nitrogens with zero attached hydrogens (tertiary/aromatic N) is 5. The van der Waals surface area contributed by atoms with Crippen LogP contribution in [0.3, 0.4) is 0 Å². The largest absolute Gasteiger partial charge is 0.416 e. The van der Waals surface area contributed by atoms with Crippen LogP contribution < -0.4 is 10.6 Å². The third-order valence-electron chi connectivity index (χ3n) is 5.30. The fraction of sp³-hybridized carbons (Fsp3) is 0.130. The zero-order chi connectivity index (χ0) is 26.2. The number of fused-ring (bicyclic) bond motifs is 1. The smallest absolute Gasteiger partial charge is 0.358 e. The molecule has 0 aliphatic carbocycles. The highest BCUT2D eigenvalue weighted by Gasteiger charge is 2.31.